The maximum atomic E-state index is 12.7. The number of nitrogens with one attached hydrogen (secondary N) is 2. The third-order valence-corrected chi connectivity index (χ3v) is 4.43. The minimum atomic E-state index is -0.565. The molecule has 6 nitrogen and oxygen atoms in total. The van der Waals surface area contributed by atoms with E-state index in [1.54, 1.807) is 29.2 Å². The highest BCUT2D eigenvalue weighted by Gasteiger charge is 2.33. The Hall–Kier alpha value is -3.41. The smallest absolute Gasteiger partial charge is 0.252 e. The Morgan fingerprint density at radius 2 is 1.93 bits per heavy atom. The van der Waals surface area contributed by atoms with Crippen LogP contribution >= 0.6 is 0 Å². The molecule has 1 unspecified atom stereocenters. The van der Waals surface area contributed by atoms with Crippen molar-refractivity contribution in [3.8, 4) is 0 Å². The Kier molecular flexibility index (Phi) is 5.35. The zero-order valence-electron chi connectivity index (χ0n) is 15.1. The van der Waals surface area contributed by atoms with Crippen LogP contribution < -0.4 is 15.5 Å². The Bertz CT molecular complexity index is 890. The van der Waals surface area contributed by atoms with Gasteiger partial charge in [-0.15, -0.1) is 0 Å². The van der Waals surface area contributed by atoms with E-state index in [0.717, 1.165) is 17.3 Å². The molecule has 1 atom stereocenters. The second-order valence-corrected chi connectivity index (χ2v) is 6.41. The normalized spacial score (nSPS) is 16.1. The zero-order valence-corrected chi connectivity index (χ0v) is 15.1. The molecule has 1 heterocycles. The van der Waals surface area contributed by atoms with Gasteiger partial charge in [0.1, 0.15) is 6.04 Å². The Morgan fingerprint density at radius 3 is 2.63 bits per heavy atom. The largest absolute Gasteiger partial charge is 0.340 e. The molecule has 1 aliphatic rings. The van der Waals surface area contributed by atoms with Crippen molar-refractivity contribution in [3.63, 3.8) is 0 Å². The van der Waals surface area contributed by atoms with Gasteiger partial charge < -0.3 is 15.5 Å². The van der Waals surface area contributed by atoms with Crippen LogP contribution in [0.15, 0.2) is 61.2 Å². The number of carbonyl (C=O) groups is 3. The molecule has 3 amide bonds. The highest BCUT2D eigenvalue weighted by Crippen LogP contribution is 2.22. The quantitative estimate of drug-likeness (QED) is 0.802. The topological polar surface area (TPSA) is 78.5 Å². The molecule has 0 radical (unpaired) electrons. The molecule has 0 spiro atoms. The van der Waals surface area contributed by atoms with Crippen LogP contribution in [0.1, 0.15) is 22.3 Å². The van der Waals surface area contributed by atoms with E-state index >= 15 is 0 Å². The second kappa shape index (κ2) is 7.86. The number of amides is 3. The number of hydrogen-bond acceptors (Lipinski definition) is 3. The summed E-state index contributed by atoms with van der Waals surface area (Å²) >= 11 is 0. The van der Waals surface area contributed by atoms with Crippen LogP contribution in [-0.2, 0) is 9.59 Å². The number of hydrogen-bond donors (Lipinski definition) is 2. The number of nitrogens with zero attached hydrogens (tertiary/aromatic N) is 1. The summed E-state index contributed by atoms with van der Waals surface area (Å²) in [7, 11) is 0. The van der Waals surface area contributed by atoms with Crippen molar-refractivity contribution in [2.75, 3.05) is 16.8 Å². The van der Waals surface area contributed by atoms with Crippen molar-refractivity contribution in [2.45, 2.75) is 19.4 Å². The molecular formula is C21H21N3O3. The van der Waals surface area contributed by atoms with Crippen molar-refractivity contribution in [2.24, 2.45) is 0 Å². The van der Waals surface area contributed by atoms with Crippen molar-refractivity contribution in [3.05, 3.63) is 72.3 Å². The molecule has 3 rings (SSSR count). The zero-order chi connectivity index (χ0) is 19.4. The summed E-state index contributed by atoms with van der Waals surface area (Å²) < 4.78 is 0. The fourth-order valence-electron chi connectivity index (χ4n) is 2.97. The lowest BCUT2D eigenvalue weighted by Crippen LogP contribution is -2.41. The van der Waals surface area contributed by atoms with Crippen LogP contribution in [0.3, 0.4) is 0 Å². The lowest BCUT2D eigenvalue weighted by molar-refractivity contribution is -0.118. The van der Waals surface area contributed by atoms with Crippen LogP contribution in [0.25, 0.3) is 0 Å². The molecule has 27 heavy (non-hydrogen) atoms. The average Bonchev–Trinajstić information content (AvgIpc) is 3.03. The van der Waals surface area contributed by atoms with Gasteiger partial charge in [0.25, 0.3) is 5.91 Å². The summed E-state index contributed by atoms with van der Waals surface area (Å²) in [5.74, 6) is -0.829. The highest BCUT2D eigenvalue weighted by atomic mass is 16.2. The molecule has 1 saturated heterocycles. The van der Waals surface area contributed by atoms with Crippen LogP contribution in [0, 0.1) is 6.92 Å². The SMILES string of the molecule is C=CC(=O)Nc1cccc(C(=O)NC2CCN(c3ccc(C)cc3)C2=O)c1. The summed E-state index contributed by atoms with van der Waals surface area (Å²) in [5.41, 5.74) is 2.82. The molecule has 138 valence electrons. The number of aryl methyl sites for hydroxylation is 1. The molecular weight excluding hydrogens is 342 g/mol. The van der Waals surface area contributed by atoms with Crippen LogP contribution in [0.2, 0.25) is 0 Å². The van der Waals surface area contributed by atoms with Gasteiger partial charge in [-0.1, -0.05) is 30.3 Å². The molecule has 2 N–H and O–H groups in total. The van der Waals surface area contributed by atoms with Crippen LogP contribution in [0.5, 0.6) is 0 Å². The first-order valence-corrected chi connectivity index (χ1v) is 8.70. The molecule has 1 fully saturated rings. The first-order valence-electron chi connectivity index (χ1n) is 8.70. The van der Waals surface area contributed by atoms with Gasteiger partial charge in [-0.2, -0.15) is 0 Å². The lowest BCUT2D eigenvalue weighted by Gasteiger charge is -2.17. The van der Waals surface area contributed by atoms with E-state index in [2.05, 4.69) is 17.2 Å². The predicted octanol–water partition coefficient (Wildman–Crippen LogP) is 2.65. The Labute approximate surface area is 157 Å². The van der Waals surface area contributed by atoms with Crippen LogP contribution in [-0.4, -0.2) is 30.3 Å². The van der Waals surface area contributed by atoms with Crippen molar-refractivity contribution >= 4 is 29.1 Å². The lowest BCUT2D eigenvalue weighted by atomic mass is 10.1. The third kappa shape index (κ3) is 4.23. The van der Waals surface area contributed by atoms with Gasteiger partial charge in [0.15, 0.2) is 0 Å². The Morgan fingerprint density at radius 1 is 1.19 bits per heavy atom. The van der Waals surface area contributed by atoms with E-state index in [-0.39, 0.29) is 17.7 Å². The molecule has 0 bridgehead atoms. The van der Waals surface area contributed by atoms with Gasteiger partial charge in [-0.25, -0.2) is 0 Å². The van der Waals surface area contributed by atoms with Gasteiger partial charge in [0, 0.05) is 23.5 Å². The number of carbonyl (C=O) groups excluding carboxylic acids is 3. The van der Waals surface area contributed by atoms with Gasteiger partial charge in [-0.05, 0) is 49.8 Å². The van der Waals surface area contributed by atoms with Crippen molar-refractivity contribution in [1.82, 2.24) is 5.32 Å². The van der Waals surface area contributed by atoms with Gasteiger partial charge in [-0.3, -0.25) is 14.4 Å². The van der Waals surface area contributed by atoms with E-state index in [1.165, 1.54) is 0 Å². The summed E-state index contributed by atoms with van der Waals surface area (Å²) in [4.78, 5) is 38.3. The summed E-state index contributed by atoms with van der Waals surface area (Å²) in [6, 6.07) is 13.7. The highest BCUT2D eigenvalue weighted by molar-refractivity contribution is 6.05. The molecule has 2 aromatic rings. The first-order chi connectivity index (χ1) is 13.0. The van der Waals surface area contributed by atoms with Gasteiger partial charge in [0.05, 0.1) is 0 Å². The molecule has 0 aromatic heterocycles. The van der Waals surface area contributed by atoms with Crippen molar-refractivity contribution < 1.29 is 14.4 Å². The van der Waals surface area contributed by atoms with E-state index < -0.39 is 6.04 Å². The first kappa shape index (κ1) is 18.4. The van der Waals surface area contributed by atoms with E-state index in [9.17, 15) is 14.4 Å². The summed E-state index contributed by atoms with van der Waals surface area (Å²) in [6.45, 7) is 5.94. The minimum absolute atomic E-state index is 0.122. The number of anilines is 2. The maximum Gasteiger partial charge on any atom is 0.252 e. The monoisotopic (exact) mass is 363 g/mol. The second-order valence-electron chi connectivity index (χ2n) is 6.41. The summed E-state index contributed by atoms with van der Waals surface area (Å²) in [6.07, 6.45) is 1.70. The number of rotatable bonds is 5. The molecule has 2 aromatic carbocycles. The fourth-order valence-corrected chi connectivity index (χ4v) is 2.97. The average molecular weight is 363 g/mol. The molecule has 0 aliphatic carbocycles. The fraction of sp³-hybridized carbons (Fsp3) is 0.190. The third-order valence-electron chi connectivity index (χ3n) is 4.43. The Balaban J connectivity index is 1.67. The van der Waals surface area contributed by atoms with E-state index in [1.807, 2.05) is 31.2 Å². The van der Waals surface area contributed by atoms with Crippen LogP contribution in [0.4, 0.5) is 11.4 Å². The number of benzene rings is 2. The molecule has 0 saturated carbocycles. The predicted molar refractivity (Wildman–Crippen MR) is 105 cm³/mol. The van der Waals surface area contributed by atoms with Gasteiger partial charge >= 0.3 is 0 Å². The van der Waals surface area contributed by atoms with Gasteiger partial charge in [0.2, 0.25) is 11.8 Å². The minimum Gasteiger partial charge on any atom is -0.340 e. The maximum absolute atomic E-state index is 12.7. The standard InChI is InChI=1S/C21H21N3O3/c1-3-19(25)22-16-6-4-5-15(13-16)20(26)23-18-11-12-24(21(18)27)17-9-7-14(2)8-10-17/h3-10,13,18H,1,11-12H2,2H3,(H,22,25)(H,23,26). The molecule has 6 heteroatoms. The summed E-state index contributed by atoms with van der Waals surface area (Å²) in [5, 5.41) is 5.40. The van der Waals surface area contributed by atoms with Crippen molar-refractivity contribution in [1.29, 1.82) is 0 Å². The molecule has 1 aliphatic heterocycles. The van der Waals surface area contributed by atoms with E-state index in [4.69, 9.17) is 0 Å². The van der Waals surface area contributed by atoms with E-state index in [0.29, 0.717) is 24.2 Å².